The molecule has 0 atom stereocenters. The third-order valence-electron chi connectivity index (χ3n) is 3.82. The van der Waals surface area contributed by atoms with Crippen LogP contribution in [-0.4, -0.2) is 18.4 Å². The van der Waals surface area contributed by atoms with Crippen LogP contribution in [0.15, 0.2) is 18.2 Å². The van der Waals surface area contributed by atoms with Crippen LogP contribution in [0, 0.1) is 0 Å². The molecule has 0 saturated heterocycles. The summed E-state index contributed by atoms with van der Waals surface area (Å²) in [4.78, 5) is 12.4. The number of ketones is 1. The van der Waals surface area contributed by atoms with E-state index in [4.69, 9.17) is 22.1 Å². The summed E-state index contributed by atoms with van der Waals surface area (Å²) in [7, 11) is 1.55. The number of carbonyl (C=O) groups is 1. The van der Waals surface area contributed by atoms with Gasteiger partial charge in [-0.1, -0.05) is 30.9 Å². The quantitative estimate of drug-likeness (QED) is 0.858. The van der Waals surface area contributed by atoms with E-state index in [1.54, 1.807) is 25.3 Å². The second kappa shape index (κ2) is 5.93. The summed E-state index contributed by atoms with van der Waals surface area (Å²) in [6.07, 6.45) is 5.63. The molecule has 104 valence electrons. The molecule has 0 amide bonds. The van der Waals surface area contributed by atoms with Crippen LogP contribution in [0.5, 0.6) is 5.75 Å². The SMILES string of the molecule is COc1ccc(Cl)cc1C(=O)CC1(N)CCCCC1. The van der Waals surface area contributed by atoms with E-state index in [2.05, 4.69) is 0 Å². The molecule has 3 nitrogen and oxygen atoms in total. The second-order valence-electron chi connectivity index (χ2n) is 5.37. The average molecular weight is 282 g/mol. The zero-order chi connectivity index (χ0) is 13.9. The lowest BCUT2D eigenvalue weighted by Gasteiger charge is -2.32. The summed E-state index contributed by atoms with van der Waals surface area (Å²) in [5, 5.41) is 0.541. The number of Topliss-reactive ketones (excluding diaryl/α,β-unsaturated/α-hetero) is 1. The molecule has 0 bridgehead atoms. The maximum Gasteiger partial charge on any atom is 0.168 e. The van der Waals surface area contributed by atoms with Crippen LogP contribution in [0.25, 0.3) is 0 Å². The van der Waals surface area contributed by atoms with Crippen molar-refractivity contribution in [2.75, 3.05) is 7.11 Å². The Labute approximate surface area is 119 Å². The second-order valence-corrected chi connectivity index (χ2v) is 5.80. The summed E-state index contributed by atoms with van der Waals surface area (Å²) in [6.45, 7) is 0. The van der Waals surface area contributed by atoms with Gasteiger partial charge in [-0.25, -0.2) is 0 Å². The van der Waals surface area contributed by atoms with Crippen LogP contribution in [0.1, 0.15) is 48.9 Å². The standard InChI is InChI=1S/C15H20ClNO2/c1-19-14-6-5-11(16)9-12(14)13(18)10-15(17)7-3-2-4-8-15/h5-6,9H,2-4,7-8,10,17H2,1H3. The molecule has 1 aliphatic rings. The number of hydrogen-bond donors (Lipinski definition) is 1. The first-order chi connectivity index (χ1) is 9.04. The highest BCUT2D eigenvalue weighted by Gasteiger charge is 2.31. The van der Waals surface area contributed by atoms with Crippen LogP contribution in [0.4, 0.5) is 0 Å². The highest BCUT2D eigenvalue weighted by atomic mass is 35.5. The molecule has 1 aromatic rings. The fourth-order valence-corrected chi connectivity index (χ4v) is 2.92. The molecule has 0 radical (unpaired) electrons. The Bertz CT molecular complexity index is 467. The van der Waals surface area contributed by atoms with E-state index in [9.17, 15) is 4.79 Å². The predicted octanol–water partition coefficient (Wildman–Crippen LogP) is 3.58. The first kappa shape index (κ1) is 14.4. The lowest BCUT2D eigenvalue weighted by molar-refractivity contribution is 0.0931. The molecule has 19 heavy (non-hydrogen) atoms. The normalized spacial score (nSPS) is 18.1. The van der Waals surface area contributed by atoms with Crippen LogP contribution >= 0.6 is 11.6 Å². The van der Waals surface area contributed by atoms with Gasteiger partial charge < -0.3 is 10.5 Å². The molecule has 2 N–H and O–H groups in total. The smallest absolute Gasteiger partial charge is 0.168 e. The number of rotatable bonds is 4. The van der Waals surface area contributed by atoms with E-state index in [1.807, 2.05) is 0 Å². The molecule has 1 fully saturated rings. The summed E-state index contributed by atoms with van der Waals surface area (Å²) in [5.74, 6) is 0.581. The number of halogens is 1. The summed E-state index contributed by atoms with van der Waals surface area (Å²) >= 11 is 5.96. The van der Waals surface area contributed by atoms with E-state index in [1.165, 1.54) is 6.42 Å². The minimum Gasteiger partial charge on any atom is -0.496 e. The van der Waals surface area contributed by atoms with Crippen LogP contribution < -0.4 is 10.5 Å². The monoisotopic (exact) mass is 281 g/mol. The Kier molecular flexibility index (Phi) is 4.48. The number of carbonyl (C=O) groups excluding carboxylic acids is 1. The van der Waals surface area contributed by atoms with E-state index in [0.717, 1.165) is 25.7 Å². The van der Waals surface area contributed by atoms with Crippen LogP contribution in [0.3, 0.4) is 0 Å². The zero-order valence-corrected chi connectivity index (χ0v) is 12.0. The summed E-state index contributed by atoms with van der Waals surface area (Å²) in [5.41, 5.74) is 6.51. The highest BCUT2D eigenvalue weighted by Crippen LogP contribution is 2.32. The summed E-state index contributed by atoms with van der Waals surface area (Å²) in [6, 6.07) is 5.10. The number of methoxy groups -OCH3 is 1. The first-order valence-electron chi connectivity index (χ1n) is 6.70. The molecule has 0 spiro atoms. The van der Waals surface area contributed by atoms with Gasteiger partial charge in [0, 0.05) is 17.0 Å². The van der Waals surface area contributed by atoms with Crippen molar-refractivity contribution >= 4 is 17.4 Å². The van der Waals surface area contributed by atoms with Gasteiger partial charge in [0.1, 0.15) is 5.75 Å². The molecule has 4 heteroatoms. The molecule has 2 rings (SSSR count). The van der Waals surface area contributed by atoms with Gasteiger partial charge in [-0.15, -0.1) is 0 Å². The van der Waals surface area contributed by atoms with E-state index >= 15 is 0 Å². The maximum absolute atomic E-state index is 12.4. The number of hydrogen-bond acceptors (Lipinski definition) is 3. The fraction of sp³-hybridized carbons (Fsp3) is 0.533. The average Bonchev–Trinajstić information content (AvgIpc) is 2.39. The molecule has 1 aliphatic carbocycles. The van der Waals surface area contributed by atoms with Gasteiger partial charge in [0.05, 0.1) is 12.7 Å². The van der Waals surface area contributed by atoms with Crippen molar-refractivity contribution in [1.82, 2.24) is 0 Å². The van der Waals surface area contributed by atoms with Gasteiger partial charge >= 0.3 is 0 Å². The minimum absolute atomic E-state index is 0.0174. The third-order valence-corrected chi connectivity index (χ3v) is 4.06. The topological polar surface area (TPSA) is 52.3 Å². The van der Waals surface area contributed by atoms with Crippen molar-refractivity contribution in [3.05, 3.63) is 28.8 Å². The number of benzene rings is 1. The largest absolute Gasteiger partial charge is 0.496 e. The van der Waals surface area contributed by atoms with E-state index in [0.29, 0.717) is 22.8 Å². The van der Waals surface area contributed by atoms with Gasteiger partial charge in [0.25, 0.3) is 0 Å². The van der Waals surface area contributed by atoms with Crippen molar-refractivity contribution in [1.29, 1.82) is 0 Å². The Hall–Kier alpha value is -1.06. The van der Waals surface area contributed by atoms with Crippen molar-refractivity contribution in [3.63, 3.8) is 0 Å². The Morgan fingerprint density at radius 2 is 2.05 bits per heavy atom. The Balaban J connectivity index is 2.17. The predicted molar refractivity (Wildman–Crippen MR) is 77.0 cm³/mol. The Morgan fingerprint density at radius 3 is 2.68 bits per heavy atom. The van der Waals surface area contributed by atoms with E-state index < -0.39 is 0 Å². The van der Waals surface area contributed by atoms with E-state index in [-0.39, 0.29) is 11.3 Å². The molecule has 0 unspecified atom stereocenters. The van der Waals surface area contributed by atoms with Crippen LogP contribution in [-0.2, 0) is 0 Å². The number of ether oxygens (including phenoxy) is 1. The molecule has 0 heterocycles. The fourth-order valence-electron chi connectivity index (χ4n) is 2.75. The lowest BCUT2D eigenvalue weighted by Crippen LogP contribution is -2.43. The highest BCUT2D eigenvalue weighted by molar-refractivity contribution is 6.31. The lowest BCUT2D eigenvalue weighted by atomic mass is 9.78. The van der Waals surface area contributed by atoms with Crippen molar-refractivity contribution in [2.24, 2.45) is 5.73 Å². The molecular weight excluding hydrogens is 262 g/mol. The third kappa shape index (κ3) is 3.48. The van der Waals surface area contributed by atoms with Crippen molar-refractivity contribution in [3.8, 4) is 5.75 Å². The first-order valence-corrected chi connectivity index (χ1v) is 7.07. The van der Waals surface area contributed by atoms with Gasteiger partial charge in [0.15, 0.2) is 5.78 Å². The minimum atomic E-state index is -0.358. The van der Waals surface area contributed by atoms with Crippen molar-refractivity contribution < 1.29 is 9.53 Å². The maximum atomic E-state index is 12.4. The molecule has 1 aromatic carbocycles. The van der Waals surface area contributed by atoms with Crippen LogP contribution in [0.2, 0.25) is 5.02 Å². The molecule has 0 aromatic heterocycles. The zero-order valence-electron chi connectivity index (χ0n) is 11.2. The summed E-state index contributed by atoms with van der Waals surface area (Å²) < 4.78 is 5.22. The Morgan fingerprint density at radius 1 is 1.37 bits per heavy atom. The molecule has 0 aliphatic heterocycles. The molecular formula is C15H20ClNO2. The van der Waals surface area contributed by atoms with Gasteiger partial charge in [-0.3, -0.25) is 4.79 Å². The van der Waals surface area contributed by atoms with Crippen molar-refractivity contribution in [2.45, 2.75) is 44.1 Å². The van der Waals surface area contributed by atoms with Gasteiger partial charge in [0.2, 0.25) is 0 Å². The van der Waals surface area contributed by atoms with Gasteiger partial charge in [-0.2, -0.15) is 0 Å². The van der Waals surface area contributed by atoms with Gasteiger partial charge in [-0.05, 0) is 31.0 Å². The number of nitrogens with two attached hydrogens (primary N) is 1. The molecule has 1 saturated carbocycles.